The van der Waals surface area contributed by atoms with E-state index in [1.165, 1.54) is 0 Å². The number of allylic oxidation sites excluding steroid dienone is 8. The monoisotopic (exact) mass is 333 g/mol. The molecule has 0 saturated heterocycles. The molecule has 0 heterocycles. The van der Waals surface area contributed by atoms with Gasteiger partial charge in [-0.2, -0.15) is 0 Å². The van der Waals surface area contributed by atoms with Gasteiger partial charge in [0.15, 0.2) is 0 Å². The molecular formula is C20H28ClNO. The van der Waals surface area contributed by atoms with Gasteiger partial charge in [-0.15, -0.1) is 0 Å². The van der Waals surface area contributed by atoms with Gasteiger partial charge < -0.3 is 0 Å². The molecule has 0 spiro atoms. The smallest absolute Gasteiger partial charge is 0.236 e. The predicted octanol–water partition coefficient (Wildman–Crippen LogP) is 6.11. The molecule has 0 unspecified atom stereocenters. The van der Waals surface area contributed by atoms with Crippen LogP contribution in [0, 0.1) is 5.92 Å². The van der Waals surface area contributed by atoms with Crippen molar-refractivity contribution < 1.29 is 4.79 Å². The van der Waals surface area contributed by atoms with Crippen LogP contribution < -0.4 is 0 Å². The summed E-state index contributed by atoms with van der Waals surface area (Å²) in [6, 6.07) is 0. The van der Waals surface area contributed by atoms with Crippen LogP contribution >= 0.6 is 11.6 Å². The van der Waals surface area contributed by atoms with Crippen LogP contribution in [0.2, 0.25) is 0 Å². The van der Waals surface area contributed by atoms with E-state index in [1.54, 1.807) is 17.1 Å². The molecule has 0 aliphatic heterocycles. The van der Waals surface area contributed by atoms with E-state index in [-0.39, 0.29) is 12.3 Å². The summed E-state index contributed by atoms with van der Waals surface area (Å²) >= 11 is 6.18. The van der Waals surface area contributed by atoms with Crippen LogP contribution in [-0.2, 0) is 4.79 Å². The van der Waals surface area contributed by atoms with Gasteiger partial charge in [0.25, 0.3) is 0 Å². The van der Waals surface area contributed by atoms with Gasteiger partial charge in [0.05, 0.1) is 6.42 Å². The Morgan fingerprint density at radius 1 is 1.26 bits per heavy atom. The fraction of sp³-hybridized carbons (Fsp3) is 0.350. The summed E-state index contributed by atoms with van der Waals surface area (Å²) in [6.45, 7) is 15.8. The van der Waals surface area contributed by atoms with E-state index in [2.05, 4.69) is 27.0 Å². The Bertz CT molecular complexity index is 536. The number of carbonyl (C=O) groups is 1. The lowest BCUT2D eigenvalue weighted by Crippen LogP contribution is -2.28. The van der Waals surface area contributed by atoms with Crippen molar-refractivity contribution in [2.75, 3.05) is 0 Å². The molecule has 0 fully saturated rings. The average molecular weight is 334 g/mol. The molecule has 1 amide bonds. The first-order chi connectivity index (χ1) is 10.9. The van der Waals surface area contributed by atoms with Crippen molar-refractivity contribution in [2.45, 2.75) is 40.5 Å². The van der Waals surface area contributed by atoms with E-state index in [1.807, 2.05) is 44.2 Å². The van der Waals surface area contributed by atoms with Crippen molar-refractivity contribution in [3.8, 4) is 0 Å². The van der Waals surface area contributed by atoms with Gasteiger partial charge in [0.1, 0.15) is 0 Å². The molecule has 0 rings (SSSR count). The molecule has 0 aliphatic rings. The van der Waals surface area contributed by atoms with Crippen LogP contribution in [-0.4, -0.2) is 10.8 Å². The van der Waals surface area contributed by atoms with Crippen molar-refractivity contribution in [1.82, 2.24) is 4.90 Å². The van der Waals surface area contributed by atoms with Crippen molar-refractivity contribution in [3.63, 3.8) is 0 Å². The number of hydrogen-bond acceptors (Lipinski definition) is 1. The van der Waals surface area contributed by atoms with Gasteiger partial charge in [-0.25, -0.2) is 0 Å². The van der Waals surface area contributed by atoms with Gasteiger partial charge >= 0.3 is 0 Å². The second-order valence-corrected chi connectivity index (χ2v) is 5.88. The van der Waals surface area contributed by atoms with Crippen LogP contribution in [0.3, 0.4) is 0 Å². The molecule has 0 aromatic heterocycles. The third kappa shape index (κ3) is 8.41. The molecule has 0 aromatic rings. The highest BCUT2D eigenvalue weighted by atomic mass is 35.5. The molecule has 0 aromatic carbocycles. The van der Waals surface area contributed by atoms with Crippen LogP contribution in [0.4, 0.5) is 0 Å². The van der Waals surface area contributed by atoms with Crippen molar-refractivity contribution in [1.29, 1.82) is 0 Å². The minimum absolute atomic E-state index is 0.119. The topological polar surface area (TPSA) is 20.3 Å². The fourth-order valence-corrected chi connectivity index (χ4v) is 1.94. The number of carbonyl (C=O) groups excluding carboxylic acids is 1. The van der Waals surface area contributed by atoms with Gasteiger partial charge in [0, 0.05) is 16.4 Å². The Morgan fingerprint density at radius 2 is 1.91 bits per heavy atom. The Labute approximate surface area is 146 Å². The second kappa shape index (κ2) is 11.7. The average Bonchev–Trinajstić information content (AvgIpc) is 2.49. The highest BCUT2D eigenvalue weighted by Gasteiger charge is 2.18. The maximum absolute atomic E-state index is 12.6. The standard InChI is InChI=1S/C20H28ClNO/c1-7-10-14-19(9-3)22(17(6)8-2)20(23)15-18(21)13-11-12-16(4)5/h7,9-14,16H,3,6,8,15H2,1-2,4-5H3/b10-7-,12-11-,18-13+,19-14+. The molecule has 0 radical (unpaired) electrons. The largest absolute Gasteiger partial charge is 0.285 e. The first-order valence-corrected chi connectivity index (χ1v) is 8.24. The lowest BCUT2D eigenvalue weighted by Gasteiger charge is -2.25. The maximum atomic E-state index is 12.6. The SMILES string of the molecule is C=C/C(=C\C=C/C)N(C(=C)CC)C(=O)C/C(Cl)=C\C=C/C(C)C. The van der Waals surface area contributed by atoms with Gasteiger partial charge in [0.2, 0.25) is 5.91 Å². The molecule has 0 atom stereocenters. The van der Waals surface area contributed by atoms with Gasteiger partial charge in [-0.3, -0.25) is 9.69 Å². The van der Waals surface area contributed by atoms with E-state index >= 15 is 0 Å². The normalized spacial score (nSPS) is 13.1. The summed E-state index contributed by atoms with van der Waals surface area (Å²) in [7, 11) is 0. The van der Waals surface area contributed by atoms with Crippen LogP contribution in [0.15, 0.2) is 72.1 Å². The summed E-state index contributed by atoms with van der Waals surface area (Å²) < 4.78 is 0. The number of nitrogens with zero attached hydrogens (tertiary/aromatic N) is 1. The van der Waals surface area contributed by atoms with E-state index in [9.17, 15) is 4.79 Å². The zero-order chi connectivity index (χ0) is 17.8. The zero-order valence-corrected chi connectivity index (χ0v) is 15.4. The summed E-state index contributed by atoms with van der Waals surface area (Å²) in [5, 5.41) is 0.496. The molecule has 0 aliphatic carbocycles. The molecule has 126 valence electrons. The fourth-order valence-electron chi connectivity index (χ4n) is 1.75. The lowest BCUT2D eigenvalue weighted by molar-refractivity contribution is -0.126. The summed E-state index contributed by atoms with van der Waals surface area (Å²) in [6.07, 6.45) is 13.7. The first kappa shape index (κ1) is 21.2. The number of hydrogen-bond donors (Lipinski definition) is 0. The van der Waals surface area contributed by atoms with E-state index in [0.29, 0.717) is 28.8 Å². The van der Waals surface area contributed by atoms with E-state index in [0.717, 1.165) is 0 Å². The molecule has 3 heteroatoms. The number of rotatable bonds is 9. The number of amides is 1. The van der Waals surface area contributed by atoms with E-state index in [4.69, 9.17) is 11.6 Å². The van der Waals surface area contributed by atoms with Crippen molar-refractivity contribution >= 4 is 17.5 Å². The molecule has 0 N–H and O–H groups in total. The molecule has 23 heavy (non-hydrogen) atoms. The lowest BCUT2D eigenvalue weighted by atomic mass is 10.2. The molecular weight excluding hydrogens is 306 g/mol. The molecule has 0 saturated carbocycles. The van der Waals surface area contributed by atoms with Crippen molar-refractivity contribution in [2.24, 2.45) is 5.92 Å². The highest BCUT2D eigenvalue weighted by Crippen LogP contribution is 2.20. The summed E-state index contributed by atoms with van der Waals surface area (Å²) in [4.78, 5) is 14.2. The minimum atomic E-state index is -0.119. The third-order valence-electron chi connectivity index (χ3n) is 2.99. The zero-order valence-electron chi connectivity index (χ0n) is 14.7. The first-order valence-electron chi connectivity index (χ1n) is 7.86. The molecule has 2 nitrogen and oxygen atoms in total. The van der Waals surface area contributed by atoms with Crippen molar-refractivity contribution in [3.05, 3.63) is 72.1 Å². The highest BCUT2D eigenvalue weighted by molar-refractivity contribution is 6.31. The van der Waals surface area contributed by atoms with E-state index < -0.39 is 0 Å². The quantitative estimate of drug-likeness (QED) is 0.466. The van der Waals surface area contributed by atoms with Crippen LogP contribution in [0.5, 0.6) is 0 Å². The Balaban J connectivity index is 5.31. The number of halogens is 1. The van der Waals surface area contributed by atoms with Gasteiger partial charge in [-0.1, -0.05) is 69.8 Å². The Hall–Kier alpha value is -1.80. The van der Waals surface area contributed by atoms with Gasteiger partial charge in [-0.05, 0) is 37.5 Å². The summed E-state index contributed by atoms with van der Waals surface area (Å²) in [5.74, 6) is 0.325. The van der Waals surface area contributed by atoms with Crippen LogP contribution in [0.25, 0.3) is 0 Å². The van der Waals surface area contributed by atoms with Crippen LogP contribution in [0.1, 0.15) is 40.5 Å². The minimum Gasteiger partial charge on any atom is -0.285 e. The third-order valence-corrected chi connectivity index (χ3v) is 3.25. The molecule has 0 bridgehead atoms. The second-order valence-electron chi connectivity index (χ2n) is 5.39. The predicted molar refractivity (Wildman–Crippen MR) is 102 cm³/mol. The maximum Gasteiger partial charge on any atom is 0.236 e. The Morgan fingerprint density at radius 3 is 2.39 bits per heavy atom. The summed E-state index contributed by atoms with van der Waals surface area (Å²) in [5.41, 5.74) is 1.41. The Kier molecular flexibility index (Phi) is 10.8.